The lowest BCUT2D eigenvalue weighted by Gasteiger charge is -2.33. The van der Waals surface area contributed by atoms with Crippen LogP contribution < -0.4 is 5.32 Å². The minimum atomic E-state index is 0.0402. The number of hydrogen-bond donors (Lipinski definition) is 1. The lowest BCUT2D eigenvalue weighted by atomic mass is 9.98. The fourth-order valence-electron chi connectivity index (χ4n) is 3.29. The van der Waals surface area contributed by atoms with E-state index in [1.807, 2.05) is 24.3 Å². The van der Waals surface area contributed by atoms with Crippen LogP contribution in [0.2, 0.25) is 0 Å². The molecule has 0 saturated carbocycles. The summed E-state index contributed by atoms with van der Waals surface area (Å²) in [6, 6.07) is 0.0402. The molecular formula is C17H25N5OS. The fraction of sp³-hybridized carbons (Fsp3) is 0.588. The molecule has 6 nitrogen and oxygen atoms in total. The molecule has 1 aliphatic heterocycles. The molecular weight excluding hydrogens is 322 g/mol. The van der Waals surface area contributed by atoms with Crippen molar-refractivity contribution in [1.29, 1.82) is 0 Å². The van der Waals surface area contributed by atoms with Crippen LogP contribution in [0.25, 0.3) is 0 Å². The largest absolute Gasteiger partial charge is 0.337 e. The van der Waals surface area contributed by atoms with Gasteiger partial charge in [0.1, 0.15) is 0 Å². The molecule has 2 aromatic heterocycles. The number of imidazole rings is 1. The highest BCUT2D eigenvalue weighted by Crippen LogP contribution is 2.20. The number of carbonyl (C=O) groups excluding carboxylic acids is 1. The second kappa shape index (κ2) is 7.79. The van der Waals surface area contributed by atoms with Crippen molar-refractivity contribution in [3.05, 3.63) is 34.3 Å². The maximum atomic E-state index is 12.5. The first-order valence-corrected chi connectivity index (χ1v) is 9.41. The van der Waals surface area contributed by atoms with Gasteiger partial charge in [0.25, 0.3) is 0 Å². The van der Waals surface area contributed by atoms with Gasteiger partial charge in [-0.25, -0.2) is 14.8 Å². The van der Waals surface area contributed by atoms with E-state index in [-0.39, 0.29) is 6.03 Å². The van der Waals surface area contributed by atoms with Gasteiger partial charge in [-0.15, -0.1) is 11.3 Å². The predicted octanol–water partition coefficient (Wildman–Crippen LogP) is 2.83. The van der Waals surface area contributed by atoms with Crippen LogP contribution in [0.4, 0.5) is 4.79 Å². The number of urea groups is 1. The van der Waals surface area contributed by atoms with E-state index in [1.54, 1.807) is 17.5 Å². The van der Waals surface area contributed by atoms with Gasteiger partial charge in [-0.2, -0.15) is 0 Å². The van der Waals surface area contributed by atoms with Crippen molar-refractivity contribution in [2.24, 2.45) is 5.92 Å². The van der Waals surface area contributed by atoms with Gasteiger partial charge in [-0.1, -0.05) is 6.92 Å². The number of hydrogen-bond acceptors (Lipinski definition) is 4. The average Bonchev–Trinajstić information content (AvgIpc) is 3.22. The van der Waals surface area contributed by atoms with Crippen LogP contribution in [0.15, 0.2) is 18.7 Å². The summed E-state index contributed by atoms with van der Waals surface area (Å²) in [5, 5.41) is 4.14. The van der Waals surface area contributed by atoms with Crippen molar-refractivity contribution in [2.75, 3.05) is 13.1 Å². The van der Waals surface area contributed by atoms with Crippen molar-refractivity contribution < 1.29 is 4.79 Å². The number of thiazole rings is 1. The van der Waals surface area contributed by atoms with E-state index in [9.17, 15) is 4.79 Å². The lowest BCUT2D eigenvalue weighted by molar-refractivity contribution is 0.159. The SMILES string of the molecule is CCc1nc(C)sc1CNC(=O)N1CCC[C@H](Cn2ccnc2)C1. The van der Waals surface area contributed by atoms with Gasteiger partial charge in [0.15, 0.2) is 0 Å². The molecule has 2 amide bonds. The first-order chi connectivity index (χ1) is 11.7. The standard InChI is InChI=1S/C17H25N5OS/c1-3-15-16(24-13(2)20-15)9-19-17(23)22-7-4-5-14(11-22)10-21-8-6-18-12-21/h6,8,12,14H,3-5,7,9-11H2,1-2H3,(H,19,23)/t14-/m1/s1. The van der Waals surface area contributed by atoms with Crippen LogP contribution in [0.3, 0.4) is 0 Å². The van der Waals surface area contributed by atoms with Gasteiger partial charge >= 0.3 is 6.03 Å². The Balaban J connectivity index is 1.52. The number of nitrogens with one attached hydrogen (secondary N) is 1. The topological polar surface area (TPSA) is 63.1 Å². The summed E-state index contributed by atoms with van der Waals surface area (Å²) < 4.78 is 2.10. The number of aromatic nitrogens is 3. The second-order valence-corrected chi connectivity index (χ2v) is 7.62. The molecule has 1 saturated heterocycles. The van der Waals surface area contributed by atoms with Gasteiger partial charge in [0.05, 0.1) is 23.6 Å². The highest BCUT2D eigenvalue weighted by Gasteiger charge is 2.24. The third kappa shape index (κ3) is 4.14. The van der Waals surface area contributed by atoms with E-state index in [2.05, 4.69) is 26.8 Å². The highest BCUT2D eigenvalue weighted by atomic mass is 32.1. The zero-order valence-corrected chi connectivity index (χ0v) is 15.2. The first-order valence-electron chi connectivity index (χ1n) is 8.59. The quantitative estimate of drug-likeness (QED) is 0.904. The zero-order chi connectivity index (χ0) is 16.9. The molecule has 3 heterocycles. The van der Waals surface area contributed by atoms with E-state index >= 15 is 0 Å². The Kier molecular flexibility index (Phi) is 5.50. The zero-order valence-electron chi connectivity index (χ0n) is 14.4. The maximum Gasteiger partial charge on any atom is 0.317 e. The smallest absolute Gasteiger partial charge is 0.317 e. The molecule has 24 heavy (non-hydrogen) atoms. The second-order valence-electron chi connectivity index (χ2n) is 6.33. The Labute approximate surface area is 146 Å². The Bertz CT molecular complexity index is 667. The van der Waals surface area contributed by atoms with Gasteiger partial charge in [-0.3, -0.25) is 0 Å². The van der Waals surface area contributed by atoms with Gasteiger partial charge in [0, 0.05) is 36.9 Å². The van der Waals surface area contributed by atoms with Crippen molar-refractivity contribution in [3.63, 3.8) is 0 Å². The van der Waals surface area contributed by atoms with Crippen LogP contribution >= 0.6 is 11.3 Å². The Hall–Kier alpha value is -1.89. The van der Waals surface area contributed by atoms with Gasteiger partial charge in [0.2, 0.25) is 0 Å². The summed E-state index contributed by atoms with van der Waals surface area (Å²) >= 11 is 1.68. The van der Waals surface area contributed by atoms with E-state index in [0.717, 1.165) is 49.6 Å². The maximum absolute atomic E-state index is 12.5. The van der Waals surface area contributed by atoms with Crippen molar-refractivity contribution in [3.8, 4) is 0 Å². The van der Waals surface area contributed by atoms with Crippen LogP contribution in [0.1, 0.15) is 35.3 Å². The monoisotopic (exact) mass is 347 g/mol. The van der Waals surface area contributed by atoms with Crippen LogP contribution in [0.5, 0.6) is 0 Å². The molecule has 1 atom stereocenters. The molecule has 0 unspecified atom stereocenters. The molecule has 130 valence electrons. The molecule has 0 spiro atoms. The summed E-state index contributed by atoms with van der Waals surface area (Å²) in [7, 11) is 0. The Morgan fingerprint density at radius 3 is 3.12 bits per heavy atom. The molecule has 1 aliphatic rings. The number of likely N-dealkylation sites (tertiary alicyclic amines) is 1. The van der Waals surface area contributed by atoms with Crippen molar-refractivity contribution in [1.82, 2.24) is 24.8 Å². The number of nitrogens with zero attached hydrogens (tertiary/aromatic N) is 4. The number of aryl methyl sites for hydroxylation is 2. The summed E-state index contributed by atoms with van der Waals surface area (Å²) in [6.07, 6.45) is 8.76. The number of piperidine rings is 1. The fourth-order valence-corrected chi connectivity index (χ4v) is 4.25. The summed E-state index contributed by atoms with van der Waals surface area (Å²) in [5.74, 6) is 0.496. The molecule has 2 aromatic rings. The van der Waals surface area contributed by atoms with E-state index < -0.39 is 0 Å². The third-order valence-corrected chi connectivity index (χ3v) is 5.47. The van der Waals surface area contributed by atoms with E-state index in [0.29, 0.717) is 12.5 Å². The van der Waals surface area contributed by atoms with Crippen molar-refractivity contribution >= 4 is 17.4 Å². The minimum absolute atomic E-state index is 0.0402. The average molecular weight is 347 g/mol. The number of carbonyl (C=O) groups is 1. The molecule has 0 radical (unpaired) electrons. The number of rotatable bonds is 5. The molecule has 0 bridgehead atoms. The van der Waals surface area contributed by atoms with E-state index in [1.165, 1.54) is 4.88 Å². The molecule has 7 heteroatoms. The lowest BCUT2D eigenvalue weighted by Crippen LogP contribution is -2.46. The molecule has 0 aliphatic carbocycles. The van der Waals surface area contributed by atoms with Gasteiger partial charge in [-0.05, 0) is 32.1 Å². The van der Waals surface area contributed by atoms with Crippen LogP contribution in [-0.4, -0.2) is 38.6 Å². The molecule has 1 N–H and O–H groups in total. The summed E-state index contributed by atoms with van der Waals surface area (Å²) in [5.41, 5.74) is 1.11. The predicted molar refractivity (Wildman–Crippen MR) is 95.0 cm³/mol. The highest BCUT2D eigenvalue weighted by molar-refractivity contribution is 7.11. The third-order valence-electron chi connectivity index (χ3n) is 4.45. The number of amides is 2. The Morgan fingerprint density at radius 2 is 2.38 bits per heavy atom. The summed E-state index contributed by atoms with van der Waals surface area (Å²) in [6.45, 7) is 7.28. The summed E-state index contributed by atoms with van der Waals surface area (Å²) in [4.78, 5) is 24.2. The normalized spacial score (nSPS) is 17.9. The molecule has 3 rings (SSSR count). The first kappa shape index (κ1) is 17.0. The van der Waals surface area contributed by atoms with Crippen LogP contribution in [0, 0.1) is 12.8 Å². The van der Waals surface area contributed by atoms with Crippen LogP contribution in [-0.2, 0) is 19.5 Å². The van der Waals surface area contributed by atoms with Crippen molar-refractivity contribution in [2.45, 2.75) is 46.2 Å². The minimum Gasteiger partial charge on any atom is -0.337 e. The molecule has 1 fully saturated rings. The van der Waals surface area contributed by atoms with E-state index in [4.69, 9.17) is 0 Å². The molecule has 0 aromatic carbocycles. The van der Waals surface area contributed by atoms with Gasteiger partial charge < -0.3 is 14.8 Å². The Morgan fingerprint density at radius 1 is 1.50 bits per heavy atom.